The zero-order valence-corrected chi connectivity index (χ0v) is 19.8. The number of H-pyrrole nitrogens is 1. The first-order valence-corrected chi connectivity index (χ1v) is 11.7. The number of aromatic amines is 1. The average molecular weight is 481 g/mol. The highest BCUT2D eigenvalue weighted by Crippen LogP contribution is 2.31. The van der Waals surface area contributed by atoms with Crippen LogP contribution in [0.2, 0.25) is 0 Å². The third-order valence-corrected chi connectivity index (χ3v) is 6.41. The molecule has 1 N–H and O–H groups in total. The fraction of sp³-hybridized carbons (Fsp3) is 0.172. The van der Waals surface area contributed by atoms with Gasteiger partial charge in [-0.15, -0.1) is 0 Å². The Labute approximate surface area is 207 Å². The maximum atomic E-state index is 13.7. The summed E-state index contributed by atoms with van der Waals surface area (Å²) >= 11 is 0. The molecule has 180 valence electrons. The van der Waals surface area contributed by atoms with Gasteiger partial charge >= 0.3 is 5.97 Å². The average Bonchev–Trinajstić information content (AvgIpc) is 3.43. The van der Waals surface area contributed by atoms with Gasteiger partial charge in [0.05, 0.1) is 11.1 Å². The van der Waals surface area contributed by atoms with Crippen LogP contribution < -0.4 is 0 Å². The molecule has 0 unspecified atom stereocenters. The normalized spacial score (nSPS) is 14.7. The van der Waals surface area contributed by atoms with Crippen LogP contribution in [0.3, 0.4) is 0 Å². The molecule has 4 aromatic rings. The molecular weight excluding hydrogens is 456 g/mol. The van der Waals surface area contributed by atoms with Gasteiger partial charge in [0.2, 0.25) is 5.78 Å². The van der Waals surface area contributed by atoms with Gasteiger partial charge in [0.25, 0.3) is 11.8 Å². The van der Waals surface area contributed by atoms with Crippen LogP contribution >= 0.6 is 0 Å². The SMILES string of the molecule is CC(C)[C@@H](C(=O)O[C@H](C(=O)c1c[nH]c2ccccc12)c1ccccc1)N1C(=O)c2ccccc2C1=O. The summed E-state index contributed by atoms with van der Waals surface area (Å²) in [5, 5.41) is 0.709. The minimum atomic E-state index is -1.26. The van der Waals surface area contributed by atoms with Crippen molar-refractivity contribution >= 4 is 34.5 Å². The summed E-state index contributed by atoms with van der Waals surface area (Å²) in [6.07, 6.45) is 0.343. The molecule has 7 heteroatoms. The van der Waals surface area contributed by atoms with Crippen molar-refractivity contribution in [2.45, 2.75) is 26.0 Å². The smallest absolute Gasteiger partial charge is 0.330 e. The molecule has 5 rings (SSSR count). The van der Waals surface area contributed by atoms with E-state index in [4.69, 9.17) is 4.74 Å². The summed E-state index contributed by atoms with van der Waals surface area (Å²) in [6, 6.07) is 21.3. The second kappa shape index (κ2) is 9.26. The van der Waals surface area contributed by atoms with E-state index in [9.17, 15) is 19.2 Å². The molecule has 1 aliphatic heterocycles. The third-order valence-electron chi connectivity index (χ3n) is 6.41. The summed E-state index contributed by atoms with van der Waals surface area (Å²) in [5.74, 6) is -2.77. The topological polar surface area (TPSA) is 96.5 Å². The van der Waals surface area contributed by atoms with Crippen molar-refractivity contribution in [3.63, 3.8) is 0 Å². The van der Waals surface area contributed by atoms with Crippen LogP contribution in [0.15, 0.2) is 85.1 Å². The standard InChI is InChI=1S/C29H24N2O5/c1-17(2)24(31-27(33)20-13-6-7-14-21(20)28(31)34)29(35)36-26(18-10-4-3-5-11-18)25(32)22-16-30-23-15-9-8-12-19(22)23/h3-17,24,26,30H,1-2H3/t24-,26-/m0/s1. The summed E-state index contributed by atoms with van der Waals surface area (Å²) in [4.78, 5) is 57.6. The first-order valence-electron chi connectivity index (χ1n) is 11.7. The number of fused-ring (bicyclic) bond motifs is 2. The Morgan fingerprint density at radius 1 is 0.806 bits per heavy atom. The predicted octanol–water partition coefficient (Wildman–Crippen LogP) is 4.96. The number of amides is 2. The molecule has 1 aromatic heterocycles. The lowest BCUT2D eigenvalue weighted by molar-refractivity contribution is -0.153. The number of aromatic nitrogens is 1. The van der Waals surface area contributed by atoms with Crippen LogP contribution in [0.5, 0.6) is 0 Å². The van der Waals surface area contributed by atoms with Gasteiger partial charge in [0.15, 0.2) is 6.10 Å². The number of nitrogens with one attached hydrogen (secondary N) is 1. The summed E-state index contributed by atoms with van der Waals surface area (Å²) in [6.45, 7) is 3.46. The van der Waals surface area contributed by atoms with Gasteiger partial charge < -0.3 is 9.72 Å². The molecule has 0 saturated heterocycles. The number of imide groups is 1. The first kappa shape index (κ1) is 23.2. The molecule has 2 heterocycles. The number of hydrogen-bond donors (Lipinski definition) is 1. The number of ether oxygens (including phenoxy) is 1. The van der Waals surface area contributed by atoms with Gasteiger partial charge in [0.1, 0.15) is 6.04 Å². The van der Waals surface area contributed by atoms with Gasteiger partial charge in [-0.3, -0.25) is 19.3 Å². The fourth-order valence-corrected chi connectivity index (χ4v) is 4.64. The van der Waals surface area contributed by atoms with E-state index in [1.807, 2.05) is 24.3 Å². The molecule has 0 spiro atoms. The fourth-order valence-electron chi connectivity index (χ4n) is 4.64. The predicted molar refractivity (Wildman–Crippen MR) is 133 cm³/mol. The number of esters is 1. The van der Waals surface area contributed by atoms with Gasteiger partial charge in [-0.1, -0.05) is 74.5 Å². The van der Waals surface area contributed by atoms with Crippen LogP contribution in [0.1, 0.15) is 56.6 Å². The number of carbonyl (C=O) groups is 4. The summed E-state index contributed by atoms with van der Waals surface area (Å²) < 4.78 is 5.85. The van der Waals surface area contributed by atoms with E-state index in [1.165, 1.54) is 0 Å². The molecule has 2 amide bonds. The molecule has 1 aliphatic rings. The van der Waals surface area contributed by atoms with Crippen LogP contribution in [0, 0.1) is 5.92 Å². The zero-order valence-electron chi connectivity index (χ0n) is 19.8. The Balaban J connectivity index is 1.50. The molecule has 0 aliphatic carbocycles. The largest absolute Gasteiger partial charge is 0.447 e. The molecule has 7 nitrogen and oxygen atoms in total. The molecule has 0 saturated carbocycles. The van der Waals surface area contributed by atoms with E-state index >= 15 is 0 Å². The van der Waals surface area contributed by atoms with Crippen LogP contribution in [0.4, 0.5) is 0 Å². The molecule has 0 fully saturated rings. The zero-order chi connectivity index (χ0) is 25.4. The lowest BCUT2D eigenvalue weighted by Gasteiger charge is -2.29. The summed E-state index contributed by atoms with van der Waals surface area (Å²) in [7, 11) is 0. The van der Waals surface area contributed by atoms with E-state index in [1.54, 1.807) is 74.6 Å². The number of carbonyl (C=O) groups excluding carboxylic acids is 4. The number of para-hydroxylation sites is 1. The van der Waals surface area contributed by atoms with E-state index in [2.05, 4.69) is 4.98 Å². The molecular formula is C29H24N2O5. The minimum Gasteiger partial charge on any atom is -0.447 e. The Morgan fingerprint density at radius 2 is 1.39 bits per heavy atom. The quantitative estimate of drug-likeness (QED) is 0.229. The van der Waals surface area contributed by atoms with E-state index < -0.39 is 41.6 Å². The van der Waals surface area contributed by atoms with Crippen molar-refractivity contribution in [2.75, 3.05) is 0 Å². The Bertz CT molecular complexity index is 1450. The van der Waals surface area contributed by atoms with Crippen molar-refractivity contribution in [2.24, 2.45) is 5.92 Å². The monoisotopic (exact) mass is 480 g/mol. The molecule has 0 bridgehead atoms. The molecule has 2 atom stereocenters. The van der Waals surface area contributed by atoms with Crippen molar-refractivity contribution in [1.82, 2.24) is 9.88 Å². The van der Waals surface area contributed by atoms with Crippen molar-refractivity contribution in [1.29, 1.82) is 0 Å². The number of ketones is 1. The second-order valence-corrected chi connectivity index (χ2v) is 9.05. The highest BCUT2D eigenvalue weighted by atomic mass is 16.5. The number of benzene rings is 3. The van der Waals surface area contributed by atoms with Crippen LogP contribution in [-0.2, 0) is 9.53 Å². The van der Waals surface area contributed by atoms with Crippen LogP contribution in [-0.4, -0.2) is 39.5 Å². The van der Waals surface area contributed by atoms with Crippen molar-refractivity contribution in [3.05, 3.63) is 107 Å². The highest BCUT2D eigenvalue weighted by molar-refractivity contribution is 6.22. The highest BCUT2D eigenvalue weighted by Gasteiger charge is 2.45. The van der Waals surface area contributed by atoms with E-state index in [0.717, 1.165) is 10.4 Å². The Kier molecular flexibility index (Phi) is 5.98. The second-order valence-electron chi connectivity index (χ2n) is 9.05. The Hall–Kier alpha value is -4.52. The maximum absolute atomic E-state index is 13.7. The molecule has 36 heavy (non-hydrogen) atoms. The number of Topliss-reactive ketones (excluding diaryl/α,β-unsaturated/α-hetero) is 1. The van der Waals surface area contributed by atoms with E-state index in [0.29, 0.717) is 16.5 Å². The number of nitrogens with zero attached hydrogens (tertiary/aromatic N) is 1. The van der Waals surface area contributed by atoms with Crippen molar-refractivity contribution < 1.29 is 23.9 Å². The van der Waals surface area contributed by atoms with E-state index in [-0.39, 0.29) is 11.1 Å². The Morgan fingerprint density at radius 3 is 2.03 bits per heavy atom. The van der Waals surface area contributed by atoms with Gasteiger partial charge in [-0.25, -0.2) is 4.79 Å². The molecule has 0 radical (unpaired) electrons. The first-order chi connectivity index (χ1) is 17.4. The van der Waals surface area contributed by atoms with Gasteiger partial charge in [-0.05, 0) is 24.1 Å². The minimum absolute atomic E-state index is 0.246. The van der Waals surface area contributed by atoms with Gasteiger partial charge in [0, 0.05) is 28.2 Å². The maximum Gasteiger partial charge on any atom is 0.330 e. The third kappa shape index (κ3) is 3.88. The lowest BCUT2D eigenvalue weighted by atomic mass is 9.98. The van der Waals surface area contributed by atoms with Crippen LogP contribution in [0.25, 0.3) is 10.9 Å². The molecule has 3 aromatic carbocycles. The number of rotatable bonds is 7. The number of hydrogen-bond acceptors (Lipinski definition) is 5. The van der Waals surface area contributed by atoms with Crippen molar-refractivity contribution in [3.8, 4) is 0 Å². The lowest BCUT2D eigenvalue weighted by Crippen LogP contribution is -2.49. The van der Waals surface area contributed by atoms with Gasteiger partial charge in [-0.2, -0.15) is 0 Å². The summed E-state index contributed by atoms with van der Waals surface area (Å²) in [5.41, 5.74) is 2.15.